The summed E-state index contributed by atoms with van der Waals surface area (Å²) in [6, 6.07) is 13.8. The lowest BCUT2D eigenvalue weighted by Gasteiger charge is -2.15. The number of carbonyl (C=O) groups excluding carboxylic acids is 1. The molecule has 1 atom stereocenters. The maximum Gasteiger partial charge on any atom is 0.330 e. The zero-order chi connectivity index (χ0) is 15.2. The maximum absolute atomic E-state index is 12.0. The number of amides is 1. The third kappa shape index (κ3) is 3.82. The van der Waals surface area contributed by atoms with Crippen LogP contribution in [0.2, 0.25) is 0 Å². The highest BCUT2D eigenvalue weighted by molar-refractivity contribution is 5.86. The second-order valence-corrected chi connectivity index (χ2v) is 4.55. The van der Waals surface area contributed by atoms with E-state index in [4.69, 9.17) is 0 Å². The van der Waals surface area contributed by atoms with Gasteiger partial charge in [0.05, 0.1) is 6.42 Å². The molecule has 3 N–H and O–H groups in total. The van der Waals surface area contributed by atoms with E-state index in [1.54, 1.807) is 48.5 Å². The number of phenolic OH excluding ortho intramolecular Hbond substituents is 1. The predicted octanol–water partition coefficient (Wildman–Crippen LogP) is 1.88. The molecule has 2 aromatic rings. The van der Waals surface area contributed by atoms with Crippen LogP contribution in [0.15, 0.2) is 54.6 Å². The number of para-hydroxylation sites is 1. The lowest BCUT2D eigenvalue weighted by atomic mass is 10.1. The molecule has 1 amide bonds. The van der Waals surface area contributed by atoms with Gasteiger partial charge in [-0.15, -0.1) is 0 Å². The highest BCUT2D eigenvalue weighted by Gasteiger charge is 2.22. The van der Waals surface area contributed by atoms with E-state index in [-0.39, 0.29) is 12.2 Å². The minimum Gasteiger partial charge on any atom is -0.508 e. The Hall–Kier alpha value is -2.82. The summed E-state index contributed by atoms with van der Waals surface area (Å²) < 4.78 is 0. The molecule has 0 aliphatic carbocycles. The monoisotopic (exact) mass is 285 g/mol. The highest BCUT2D eigenvalue weighted by atomic mass is 16.4. The summed E-state index contributed by atoms with van der Waals surface area (Å²) >= 11 is 0. The summed E-state index contributed by atoms with van der Waals surface area (Å²) in [6.45, 7) is 0. The van der Waals surface area contributed by atoms with Crippen molar-refractivity contribution in [3.05, 3.63) is 65.7 Å². The molecule has 0 aromatic heterocycles. The van der Waals surface area contributed by atoms with Crippen molar-refractivity contribution in [1.82, 2.24) is 5.32 Å². The maximum atomic E-state index is 12.0. The molecule has 0 aliphatic heterocycles. The molecular formula is C16H15NO4. The molecule has 5 heteroatoms. The first-order valence-corrected chi connectivity index (χ1v) is 6.42. The topological polar surface area (TPSA) is 86.6 Å². The van der Waals surface area contributed by atoms with Crippen LogP contribution in [-0.4, -0.2) is 22.1 Å². The third-order valence-electron chi connectivity index (χ3n) is 3.03. The number of phenols is 1. The van der Waals surface area contributed by atoms with Crippen molar-refractivity contribution >= 4 is 11.9 Å². The van der Waals surface area contributed by atoms with Gasteiger partial charge in [-0.25, -0.2) is 4.79 Å². The third-order valence-corrected chi connectivity index (χ3v) is 3.03. The largest absolute Gasteiger partial charge is 0.508 e. The summed E-state index contributed by atoms with van der Waals surface area (Å²) in [6.07, 6.45) is -0.0801. The van der Waals surface area contributed by atoms with E-state index in [1.807, 2.05) is 0 Å². The van der Waals surface area contributed by atoms with Gasteiger partial charge in [-0.1, -0.05) is 48.5 Å². The van der Waals surface area contributed by atoms with Gasteiger partial charge in [-0.05, 0) is 11.6 Å². The van der Waals surface area contributed by atoms with Crippen molar-refractivity contribution in [3.63, 3.8) is 0 Å². The Morgan fingerprint density at radius 1 is 1.00 bits per heavy atom. The number of hydrogen-bond acceptors (Lipinski definition) is 3. The van der Waals surface area contributed by atoms with Crippen LogP contribution in [0.4, 0.5) is 0 Å². The lowest BCUT2D eigenvalue weighted by molar-refractivity contribution is -0.141. The highest BCUT2D eigenvalue weighted by Crippen LogP contribution is 2.17. The van der Waals surface area contributed by atoms with Gasteiger partial charge < -0.3 is 15.5 Å². The van der Waals surface area contributed by atoms with E-state index in [1.165, 1.54) is 6.07 Å². The smallest absolute Gasteiger partial charge is 0.330 e. The Labute approximate surface area is 121 Å². The van der Waals surface area contributed by atoms with Gasteiger partial charge in [0.2, 0.25) is 5.91 Å². The molecule has 0 aliphatic rings. The molecular weight excluding hydrogens is 270 g/mol. The molecule has 0 spiro atoms. The SMILES string of the molecule is O=C(Cc1ccccc1O)N[C@H](C(=O)O)c1ccccc1. The molecule has 0 radical (unpaired) electrons. The molecule has 0 saturated heterocycles. The molecule has 0 heterocycles. The number of carboxylic acids is 1. The summed E-state index contributed by atoms with van der Waals surface area (Å²) in [7, 11) is 0. The van der Waals surface area contributed by atoms with E-state index >= 15 is 0 Å². The van der Waals surface area contributed by atoms with Crippen molar-refractivity contribution in [2.45, 2.75) is 12.5 Å². The number of benzene rings is 2. The molecule has 2 aromatic carbocycles. The fourth-order valence-electron chi connectivity index (χ4n) is 1.98. The van der Waals surface area contributed by atoms with Crippen molar-refractivity contribution in [2.75, 3.05) is 0 Å². The first-order chi connectivity index (χ1) is 10.1. The summed E-state index contributed by atoms with van der Waals surface area (Å²) in [5, 5.41) is 21.3. The standard InChI is InChI=1S/C16H15NO4/c18-13-9-5-4-8-12(13)10-14(19)17-15(16(20)21)11-6-2-1-3-7-11/h1-9,15,18H,10H2,(H,17,19)(H,20,21)/t15-/m0/s1. The van der Waals surface area contributed by atoms with Gasteiger partial charge in [0, 0.05) is 5.56 Å². The van der Waals surface area contributed by atoms with Crippen molar-refractivity contribution in [1.29, 1.82) is 0 Å². The molecule has 2 rings (SSSR count). The van der Waals surface area contributed by atoms with Crippen LogP contribution in [0.3, 0.4) is 0 Å². The van der Waals surface area contributed by atoms with Crippen LogP contribution in [-0.2, 0) is 16.0 Å². The normalized spacial score (nSPS) is 11.6. The van der Waals surface area contributed by atoms with E-state index < -0.39 is 17.9 Å². The van der Waals surface area contributed by atoms with Crippen molar-refractivity contribution in [2.24, 2.45) is 0 Å². The summed E-state index contributed by atoms with van der Waals surface area (Å²) in [4.78, 5) is 23.3. The quantitative estimate of drug-likeness (QED) is 0.782. The molecule has 0 fully saturated rings. The first-order valence-electron chi connectivity index (χ1n) is 6.42. The Kier molecular flexibility index (Phi) is 4.56. The van der Waals surface area contributed by atoms with Gasteiger partial charge in [-0.3, -0.25) is 4.79 Å². The van der Waals surface area contributed by atoms with Gasteiger partial charge in [0.1, 0.15) is 5.75 Å². The number of rotatable bonds is 5. The molecule has 5 nitrogen and oxygen atoms in total. The van der Waals surface area contributed by atoms with Crippen LogP contribution in [0.25, 0.3) is 0 Å². The number of carbonyl (C=O) groups is 2. The number of aliphatic carboxylic acids is 1. The van der Waals surface area contributed by atoms with Crippen LogP contribution >= 0.6 is 0 Å². The Balaban J connectivity index is 2.10. The van der Waals surface area contributed by atoms with Crippen LogP contribution in [0.5, 0.6) is 5.75 Å². The predicted molar refractivity (Wildman–Crippen MR) is 76.8 cm³/mol. The second-order valence-electron chi connectivity index (χ2n) is 4.55. The Bertz CT molecular complexity index is 640. The van der Waals surface area contributed by atoms with E-state index in [2.05, 4.69) is 5.32 Å². The van der Waals surface area contributed by atoms with Gasteiger partial charge >= 0.3 is 5.97 Å². The average molecular weight is 285 g/mol. The molecule has 0 saturated carbocycles. The fraction of sp³-hybridized carbons (Fsp3) is 0.125. The van der Waals surface area contributed by atoms with Gasteiger partial charge in [0.15, 0.2) is 6.04 Å². The summed E-state index contributed by atoms with van der Waals surface area (Å²) in [5.74, 6) is -1.58. The fourth-order valence-corrected chi connectivity index (χ4v) is 1.98. The van der Waals surface area contributed by atoms with Crippen LogP contribution in [0, 0.1) is 0 Å². The zero-order valence-corrected chi connectivity index (χ0v) is 11.2. The Morgan fingerprint density at radius 3 is 2.24 bits per heavy atom. The number of carboxylic acid groups (broad SMARTS) is 1. The van der Waals surface area contributed by atoms with E-state index in [0.717, 1.165) is 0 Å². The first kappa shape index (κ1) is 14.6. The van der Waals surface area contributed by atoms with Crippen molar-refractivity contribution < 1.29 is 19.8 Å². The average Bonchev–Trinajstić information content (AvgIpc) is 2.48. The Morgan fingerprint density at radius 2 is 1.62 bits per heavy atom. The van der Waals surface area contributed by atoms with Crippen molar-refractivity contribution in [3.8, 4) is 5.75 Å². The van der Waals surface area contributed by atoms with Crippen LogP contribution in [0.1, 0.15) is 17.2 Å². The zero-order valence-electron chi connectivity index (χ0n) is 11.2. The van der Waals surface area contributed by atoms with Crippen LogP contribution < -0.4 is 5.32 Å². The molecule has 0 unspecified atom stereocenters. The molecule has 108 valence electrons. The minimum atomic E-state index is -1.13. The van der Waals surface area contributed by atoms with Gasteiger partial charge in [-0.2, -0.15) is 0 Å². The van der Waals surface area contributed by atoms with Gasteiger partial charge in [0.25, 0.3) is 0 Å². The number of nitrogens with one attached hydrogen (secondary N) is 1. The number of hydrogen-bond donors (Lipinski definition) is 3. The summed E-state index contributed by atoms with van der Waals surface area (Å²) in [5.41, 5.74) is 0.947. The van der Waals surface area contributed by atoms with E-state index in [9.17, 15) is 19.8 Å². The number of aromatic hydroxyl groups is 1. The van der Waals surface area contributed by atoms with E-state index in [0.29, 0.717) is 11.1 Å². The molecule has 0 bridgehead atoms. The molecule has 21 heavy (non-hydrogen) atoms. The minimum absolute atomic E-state index is 0.0132. The second kappa shape index (κ2) is 6.56. The lowest BCUT2D eigenvalue weighted by Crippen LogP contribution is -2.34.